The van der Waals surface area contributed by atoms with Crippen LogP contribution in [0.3, 0.4) is 0 Å². The fourth-order valence-corrected chi connectivity index (χ4v) is 2.49. The van der Waals surface area contributed by atoms with E-state index in [-0.39, 0.29) is 11.3 Å². The van der Waals surface area contributed by atoms with Crippen LogP contribution in [0, 0.1) is 0 Å². The molecule has 1 fully saturated rings. The SMILES string of the molecule is CCn1nccc1C(=O)C1(CC)CCCN1. The van der Waals surface area contributed by atoms with Crippen molar-refractivity contribution in [2.45, 2.75) is 45.2 Å². The first-order chi connectivity index (χ1) is 7.73. The summed E-state index contributed by atoms with van der Waals surface area (Å²) >= 11 is 0. The van der Waals surface area contributed by atoms with Gasteiger partial charge in [-0.15, -0.1) is 0 Å². The van der Waals surface area contributed by atoms with Crippen LogP contribution >= 0.6 is 0 Å². The highest BCUT2D eigenvalue weighted by molar-refractivity contribution is 6.02. The van der Waals surface area contributed by atoms with Crippen LogP contribution in [-0.2, 0) is 6.54 Å². The Balaban J connectivity index is 2.30. The van der Waals surface area contributed by atoms with Gasteiger partial charge in [-0.1, -0.05) is 6.92 Å². The van der Waals surface area contributed by atoms with Crippen LogP contribution in [0.15, 0.2) is 12.3 Å². The van der Waals surface area contributed by atoms with Gasteiger partial charge in [0.15, 0.2) is 0 Å². The molecule has 0 amide bonds. The Bertz CT molecular complexity index is 377. The molecule has 0 aromatic carbocycles. The van der Waals surface area contributed by atoms with Crippen molar-refractivity contribution in [3.8, 4) is 0 Å². The fraction of sp³-hybridized carbons (Fsp3) is 0.667. The van der Waals surface area contributed by atoms with Crippen LogP contribution < -0.4 is 5.32 Å². The highest BCUT2D eigenvalue weighted by Gasteiger charge is 2.40. The van der Waals surface area contributed by atoms with Crippen molar-refractivity contribution >= 4 is 5.78 Å². The number of nitrogens with zero attached hydrogens (tertiary/aromatic N) is 2. The normalized spacial score (nSPS) is 24.9. The van der Waals surface area contributed by atoms with Crippen molar-refractivity contribution in [1.82, 2.24) is 15.1 Å². The van der Waals surface area contributed by atoms with Crippen molar-refractivity contribution in [1.29, 1.82) is 0 Å². The van der Waals surface area contributed by atoms with E-state index in [9.17, 15) is 4.79 Å². The zero-order valence-electron chi connectivity index (χ0n) is 9.99. The van der Waals surface area contributed by atoms with E-state index in [4.69, 9.17) is 0 Å². The van der Waals surface area contributed by atoms with Crippen molar-refractivity contribution < 1.29 is 4.79 Å². The van der Waals surface area contributed by atoms with Crippen LogP contribution in [0.4, 0.5) is 0 Å². The Kier molecular flexibility index (Phi) is 3.10. The lowest BCUT2D eigenvalue weighted by atomic mass is 9.87. The summed E-state index contributed by atoms with van der Waals surface area (Å²) in [6.45, 7) is 5.76. The molecular weight excluding hydrogens is 202 g/mol. The first-order valence-corrected chi connectivity index (χ1v) is 6.05. The number of hydrogen-bond acceptors (Lipinski definition) is 3. The summed E-state index contributed by atoms with van der Waals surface area (Å²) in [5.74, 6) is 0.201. The largest absolute Gasteiger partial charge is 0.305 e. The Morgan fingerprint density at radius 1 is 1.62 bits per heavy atom. The summed E-state index contributed by atoms with van der Waals surface area (Å²) in [4.78, 5) is 12.5. The molecule has 0 spiro atoms. The molecule has 1 aromatic rings. The van der Waals surface area contributed by atoms with E-state index in [0.29, 0.717) is 0 Å². The van der Waals surface area contributed by atoms with Crippen molar-refractivity contribution in [2.24, 2.45) is 0 Å². The Labute approximate surface area is 96.0 Å². The predicted molar refractivity (Wildman–Crippen MR) is 62.5 cm³/mol. The molecule has 0 radical (unpaired) electrons. The molecule has 88 valence electrons. The van der Waals surface area contributed by atoms with E-state index >= 15 is 0 Å². The minimum atomic E-state index is -0.340. The van der Waals surface area contributed by atoms with E-state index in [1.54, 1.807) is 10.9 Å². The molecule has 1 aliphatic heterocycles. The summed E-state index contributed by atoms with van der Waals surface area (Å²) in [7, 11) is 0. The standard InChI is InChI=1S/C12H19N3O/c1-3-12(7-5-8-13-12)11(16)10-6-9-14-15(10)4-2/h6,9,13H,3-5,7-8H2,1-2H3. The lowest BCUT2D eigenvalue weighted by Gasteiger charge is -2.26. The van der Waals surface area contributed by atoms with Gasteiger partial charge < -0.3 is 5.32 Å². The van der Waals surface area contributed by atoms with E-state index in [0.717, 1.165) is 38.0 Å². The molecule has 16 heavy (non-hydrogen) atoms. The lowest BCUT2D eigenvalue weighted by molar-refractivity contribution is 0.0852. The molecule has 1 atom stereocenters. The fourth-order valence-electron chi connectivity index (χ4n) is 2.49. The van der Waals surface area contributed by atoms with Crippen LogP contribution in [0.2, 0.25) is 0 Å². The summed E-state index contributed by atoms with van der Waals surface area (Å²) < 4.78 is 1.78. The first kappa shape index (κ1) is 11.3. The molecule has 2 rings (SSSR count). The second kappa shape index (κ2) is 4.37. The minimum absolute atomic E-state index is 0.201. The van der Waals surface area contributed by atoms with E-state index in [1.807, 2.05) is 13.0 Å². The van der Waals surface area contributed by atoms with E-state index < -0.39 is 0 Å². The summed E-state index contributed by atoms with van der Waals surface area (Å²) in [6.07, 6.45) is 4.58. The summed E-state index contributed by atoms with van der Waals surface area (Å²) in [5, 5.41) is 7.53. The van der Waals surface area contributed by atoms with Gasteiger partial charge in [0.1, 0.15) is 5.69 Å². The number of carbonyl (C=O) groups excluding carboxylic acids is 1. The second-order valence-corrected chi connectivity index (χ2v) is 4.33. The van der Waals surface area contributed by atoms with E-state index in [1.165, 1.54) is 0 Å². The van der Waals surface area contributed by atoms with Crippen LogP contribution in [0.1, 0.15) is 43.6 Å². The molecule has 0 aliphatic carbocycles. The highest BCUT2D eigenvalue weighted by Crippen LogP contribution is 2.27. The average Bonchev–Trinajstić information content (AvgIpc) is 2.97. The quantitative estimate of drug-likeness (QED) is 0.786. The van der Waals surface area contributed by atoms with E-state index in [2.05, 4.69) is 17.3 Å². The lowest BCUT2D eigenvalue weighted by Crippen LogP contribution is -2.47. The molecular formula is C12H19N3O. The van der Waals surface area contributed by atoms with Crippen LogP contribution in [0.25, 0.3) is 0 Å². The third-order valence-corrected chi connectivity index (χ3v) is 3.53. The maximum atomic E-state index is 12.5. The monoisotopic (exact) mass is 221 g/mol. The van der Waals surface area contributed by atoms with Gasteiger partial charge in [-0.05, 0) is 38.8 Å². The Hall–Kier alpha value is -1.16. The number of nitrogens with one attached hydrogen (secondary N) is 1. The minimum Gasteiger partial charge on any atom is -0.305 e. The zero-order chi connectivity index (χ0) is 11.6. The van der Waals surface area contributed by atoms with Crippen molar-refractivity contribution in [3.63, 3.8) is 0 Å². The number of hydrogen-bond donors (Lipinski definition) is 1. The van der Waals surface area contributed by atoms with Gasteiger partial charge in [0, 0.05) is 12.7 Å². The summed E-state index contributed by atoms with van der Waals surface area (Å²) in [6, 6.07) is 1.82. The third kappa shape index (κ3) is 1.67. The smallest absolute Gasteiger partial charge is 0.200 e. The number of Topliss-reactive ketones (excluding diaryl/α,β-unsaturated/α-hetero) is 1. The third-order valence-electron chi connectivity index (χ3n) is 3.53. The average molecular weight is 221 g/mol. The first-order valence-electron chi connectivity index (χ1n) is 6.05. The van der Waals surface area contributed by atoms with Crippen molar-refractivity contribution in [2.75, 3.05) is 6.54 Å². The van der Waals surface area contributed by atoms with Crippen molar-refractivity contribution in [3.05, 3.63) is 18.0 Å². The van der Waals surface area contributed by atoms with Gasteiger partial charge in [-0.25, -0.2) is 0 Å². The molecule has 4 heteroatoms. The number of rotatable bonds is 4. The Morgan fingerprint density at radius 3 is 3.00 bits per heavy atom. The molecule has 1 N–H and O–H groups in total. The van der Waals surface area contributed by atoms with Gasteiger partial charge in [-0.2, -0.15) is 5.10 Å². The topological polar surface area (TPSA) is 46.9 Å². The maximum Gasteiger partial charge on any atom is 0.200 e. The van der Waals surface area contributed by atoms with Gasteiger partial charge in [0.05, 0.1) is 5.54 Å². The second-order valence-electron chi connectivity index (χ2n) is 4.33. The van der Waals surface area contributed by atoms with Gasteiger partial charge in [0.25, 0.3) is 0 Å². The molecule has 2 heterocycles. The van der Waals surface area contributed by atoms with Crippen LogP contribution in [-0.4, -0.2) is 27.6 Å². The molecule has 1 aromatic heterocycles. The number of aryl methyl sites for hydroxylation is 1. The number of carbonyl (C=O) groups is 1. The van der Waals surface area contributed by atoms with Gasteiger partial charge >= 0.3 is 0 Å². The van der Waals surface area contributed by atoms with Crippen LogP contribution in [0.5, 0.6) is 0 Å². The predicted octanol–water partition coefficient (Wildman–Crippen LogP) is 1.62. The number of ketones is 1. The molecule has 1 aliphatic rings. The molecule has 1 saturated heterocycles. The molecule has 1 unspecified atom stereocenters. The Morgan fingerprint density at radius 2 is 2.44 bits per heavy atom. The number of aromatic nitrogens is 2. The maximum absolute atomic E-state index is 12.5. The summed E-state index contributed by atoms with van der Waals surface area (Å²) in [5.41, 5.74) is 0.395. The molecule has 0 saturated carbocycles. The van der Waals surface area contributed by atoms with Gasteiger partial charge in [-0.3, -0.25) is 9.48 Å². The highest BCUT2D eigenvalue weighted by atomic mass is 16.1. The molecule has 4 nitrogen and oxygen atoms in total. The van der Waals surface area contributed by atoms with Gasteiger partial charge in [0.2, 0.25) is 5.78 Å². The zero-order valence-corrected chi connectivity index (χ0v) is 9.99. The molecule has 0 bridgehead atoms.